The van der Waals surface area contributed by atoms with Crippen molar-refractivity contribution in [1.82, 2.24) is 4.90 Å². The monoisotopic (exact) mass is 369 g/mol. The number of nitrogens with zero attached hydrogens (tertiary/aromatic N) is 1. The zero-order valence-electron chi connectivity index (χ0n) is 12.7. The van der Waals surface area contributed by atoms with Gasteiger partial charge in [-0.05, 0) is 29.7 Å². The Balaban J connectivity index is 2.28. The van der Waals surface area contributed by atoms with Gasteiger partial charge < -0.3 is 5.11 Å². The molecule has 0 spiro atoms. The number of allylic oxidation sites excluding steroid dienone is 3. The van der Waals surface area contributed by atoms with Crippen LogP contribution in [0.15, 0.2) is 42.5 Å². The van der Waals surface area contributed by atoms with Gasteiger partial charge in [-0.3, -0.25) is 14.5 Å². The fourth-order valence-corrected chi connectivity index (χ4v) is 4.38. The molecule has 0 saturated carbocycles. The van der Waals surface area contributed by atoms with E-state index in [4.69, 9.17) is 23.2 Å². The van der Waals surface area contributed by atoms with E-state index in [9.17, 15) is 19.1 Å². The van der Waals surface area contributed by atoms with Crippen LogP contribution in [-0.2, 0) is 9.59 Å². The lowest BCUT2D eigenvalue weighted by Gasteiger charge is -2.42. The van der Waals surface area contributed by atoms with Crippen LogP contribution in [0.4, 0.5) is 4.39 Å². The minimum absolute atomic E-state index is 0.0609. The summed E-state index contributed by atoms with van der Waals surface area (Å²) in [6.07, 6.45) is 3.25. The highest BCUT2D eigenvalue weighted by molar-refractivity contribution is 6.53. The van der Waals surface area contributed by atoms with Gasteiger partial charge in [0.1, 0.15) is 0 Å². The molecule has 1 aromatic rings. The second-order valence-corrected chi connectivity index (χ2v) is 7.18. The zero-order valence-corrected chi connectivity index (χ0v) is 14.2. The second-order valence-electron chi connectivity index (χ2n) is 5.94. The molecule has 4 nitrogen and oxygen atoms in total. The van der Waals surface area contributed by atoms with E-state index in [1.54, 1.807) is 6.08 Å². The fourth-order valence-electron chi connectivity index (χ4n) is 3.45. The van der Waals surface area contributed by atoms with Crippen molar-refractivity contribution in [2.45, 2.75) is 22.1 Å². The van der Waals surface area contributed by atoms with Crippen LogP contribution in [-0.4, -0.2) is 38.6 Å². The first kappa shape index (κ1) is 17.0. The topological polar surface area (TPSA) is 57.6 Å². The molecule has 0 bridgehead atoms. The zero-order chi connectivity index (χ0) is 17.9. The Labute approximate surface area is 148 Å². The molecule has 3 rings (SSSR count). The fraction of sp³-hybridized carbons (Fsp3) is 0.294. The molecule has 1 aliphatic carbocycles. The number of aromatic hydroxyl groups is 1. The number of carbonyl (C=O) groups excluding carboxylic acids is 2. The number of hydrogen-bond acceptors (Lipinski definition) is 3. The molecule has 2 aliphatic rings. The largest absolute Gasteiger partial charge is 0.505 e. The standard InChI is InChI=1S/C17H14Cl2FNO3/c1-3-9-6-7-16(18)14(23)21(2)15(24)17(16,19)13(9)10-4-5-12(22)11(20)8-10/h3-6,8,13,22H,1,7H2,2H3. The van der Waals surface area contributed by atoms with Gasteiger partial charge in [0.2, 0.25) is 0 Å². The number of halogens is 3. The van der Waals surface area contributed by atoms with Crippen LogP contribution in [0.25, 0.3) is 0 Å². The van der Waals surface area contributed by atoms with Crippen molar-refractivity contribution in [3.8, 4) is 5.75 Å². The van der Waals surface area contributed by atoms with Crippen LogP contribution in [0.3, 0.4) is 0 Å². The number of rotatable bonds is 2. The third kappa shape index (κ3) is 1.91. The summed E-state index contributed by atoms with van der Waals surface area (Å²) in [4.78, 5) is 22.7. The van der Waals surface area contributed by atoms with Crippen LogP contribution in [0.2, 0.25) is 0 Å². The maximum absolute atomic E-state index is 13.8. The summed E-state index contributed by atoms with van der Waals surface area (Å²) in [5.41, 5.74) is 0.899. The lowest BCUT2D eigenvalue weighted by Crippen LogP contribution is -2.54. The van der Waals surface area contributed by atoms with Crippen molar-refractivity contribution < 1.29 is 19.1 Å². The van der Waals surface area contributed by atoms with Gasteiger partial charge in [0.25, 0.3) is 11.8 Å². The highest BCUT2D eigenvalue weighted by atomic mass is 35.5. The van der Waals surface area contributed by atoms with Gasteiger partial charge in [-0.25, -0.2) is 4.39 Å². The van der Waals surface area contributed by atoms with E-state index in [1.165, 1.54) is 25.3 Å². The Morgan fingerprint density at radius 3 is 2.62 bits per heavy atom. The molecular formula is C17H14Cl2FNO3. The number of benzene rings is 1. The van der Waals surface area contributed by atoms with E-state index in [0.29, 0.717) is 11.1 Å². The smallest absolute Gasteiger partial charge is 0.253 e. The predicted octanol–water partition coefficient (Wildman–Crippen LogP) is 3.08. The molecule has 7 heteroatoms. The van der Waals surface area contributed by atoms with Crippen LogP contribution in [0.1, 0.15) is 17.9 Å². The first-order valence-electron chi connectivity index (χ1n) is 7.19. The van der Waals surface area contributed by atoms with Crippen LogP contribution in [0.5, 0.6) is 5.75 Å². The number of imide groups is 1. The number of carbonyl (C=O) groups is 2. The molecule has 0 radical (unpaired) electrons. The average molecular weight is 370 g/mol. The summed E-state index contributed by atoms with van der Waals surface area (Å²) in [6.45, 7) is 3.71. The van der Waals surface area contributed by atoms with E-state index < -0.39 is 39.0 Å². The van der Waals surface area contributed by atoms with Crippen molar-refractivity contribution in [2.75, 3.05) is 7.05 Å². The summed E-state index contributed by atoms with van der Waals surface area (Å²) in [5.74, 6) is -3.49. The summed E-state index contributed by atoms with van der Waals surface area (Å²) >= 11 is 13.2. The summed E-state index contributed by atoms with van der Waals surface area (Å²) in [6, 6.07) is 3.70. The molecule has 2 amide bonds. The number of likely N-dealkylation sites (tertiary alicyclic amines) is 1. The predicted molar refractivity (Wildman–Crippen MR) is 88.6 cm³/mol. The number of hydrogen-bond donors (Lipinski definition) is 1. The Morgan fingerprint density at radius 2 is 2.04 bits per heavy atom. The van der Waals surface area contributed by atoms with Gasteiger partial charge >= 0.3 is 0 Å². The van der Waals surface area contributed by atoms with Crippen molar-refractivity contribution >= 4 is 35.0 Å². The van der Waals surface area contributed by atoms with Crippen molar-refractivity contribution in [1.29, 1.82) is 0 Å². The van der Waals surface area contributed by atoms with Gasteiger partial charge in [-0.15, -0.1) is 23.2 Å². The number of alkyl halides is 2. The van der Waals surface area contributed by atoms with Crippen molar-refractivity contribution in [3.63, 3.8) is 0 Å². The Bertz CT molecular complexity index is 809. The van der Waals surface area contributed by atoms with E-state index in [-0.39, 0.29) is 6.42 Å². The molecule has 3 unspecified atom stereocenters. The number of phenols is 1. The number of phenolic OH excluding ortho intramolecular Hbond substituents is 1. The molecule has 1 aliphatic heterocycles. The minimum Gasteiger partial charge on any atom is -0.505 e. The summed E-state index contributed by atoms with van der Waals surface area (Å²) in [5, 5.41) is 9.41. The lowest BCUT2D eigenvalue weighted by molar-refractivity contribution is -0.137. The number of amides is 2. The molecular weight excluding hydrogens is 356 g/mol. The van der Waals surface area contributed by atoms with Crippen LogP contribution < -0.4 is 0 Å². The lowest BCUT2D eigenvalue weighted by atomic mass is 9.68. The molecule has 1 saturated heterocycles. The van der Waals surface area contributed by atoms with Gasteiger partial charge in [-0.1, -0.05) is 24.8 Å². The molecule has 0 aromatic heterocycles. The summed E-state index contributed by atoms with van der Waals surface area (Å²) in [7, 11) is 1.32. The van der Waals surface area contributed by atoms with Crippen molar-refractivity contribution in [3.05, 3.63) is 53.9 Å². The normalized spacial score (nSPS) is 32.6. The molecule has 1 N–H and O–H groups in total. The molecule has 126 valence electrons. The van der Waals surface area contributed by atoms with Crippen molar-refractivity contribution in [2.24, 2.45) is 0 Å². The van der Waals surface area contributed by atoms with Gasteiger partial charge in [-0.2, -0.15) is 0 Å². The van der Waals surface area contributed by atoms with E-state index in [0.717, 1.165) is 11.0 Å². The maximum atomic E-state index is 13.8. The number of fused-ring (bicyclic) bond motifs is 1. The Hall–Kier alpha value is -1.85. The Morgan fingerprint density at radius 1 is 1.38 bits per heavy atom. The SMILES string of the molecule is C=CC1=CCC2(Cl)C(=O)N(C)C(=O)C2(Cl)C1c1ccc(O)c(F)c1. The van der Waals surface area contributed by atoms with Gasteiger partial charge in [0.15, 0.2) is 21.3 Å². The minimum atomic E-state index is -1.80. The van der Waals surface area contributed by atoms with E-state index in [1.807, 2.05) is 0 Å². The molecule has 1 fully saturated rings. The average Bonchev–Trinajstić information content (AvgIpc) is 2.69. The first-order chi connectivity index (χ1) is 11.2. The van der Waals surface area contributed by atoms with E-state index >= 15 is 0 Å². The molecule has 1 aromatic carbocycles. The third-order valence-electron chi connectivity index (χ3n) is 4.73. The van der Waals surface area contributed by atoms with Crippen LogP contribution in [0, 0.1) is 5.82 Å². The van der Waals surface area contributed by atoms with Gasteiger partial charge in [0.05, 0.1) is 0 Å². The molecule has 3 atom stereocenters. The first-order valence-corrected chi connectivity index (χ1v) is 7.95. The van der Waals surface area contributed by atoms with E-state index in [2.05, 4.69) is 6.58 Å². The highest BCUT2D eigenvalue weighted by Gasteiger charge is 2.72. The maximum Gasteiger partial charge on any atom is 0.253 e. The molecule has 24 heavy (non-hydrogen) atoms. The second kappa shape index (κ2) is 5.33. The van der Waals surface area contributed by atoms with Crippen LogP contribution >= 0.6 is 23.2 Å². The quantitative estimate of drug-likeness (QED) is 0.643. The summed E-state index contributed by atoms with van der Waals surface area (Å²) < 4.78 is 13.8. The highest BCUT2D eigenvalue weighted by Crippen LogP contribution is 2.58. The molecule has 1 heterocycles. The third-order valence-corrected chi connectivity index (χ3v) is 6.14. The van der Waals surface area contributed by atoms with Gasteiger partial charge in [0, 0.05) is 13.0 Å². The Kier molecular flexibility index (Phi) is 3.77.